The molecule has 1 fully saturated rings. The highest BCUT2D eigenvalue weighted by Crippen LogP contribution is 2.21. The summed E-state index contributed by atoms with van der Waals surface area (Å²) in [6.45, 7) is 7.22. The van der Waals surface area contributed by atoms with Gasteiger partial charge in [0.2, 0.25) is 11.8 Å². The van der Waals surface area contributed by atoms with Crippen LogP contribution in [0.4, 0.5) is 0 Å². The zero-order valence-electron chi connectivity index (χ0n) is 11.2. The van der Waals surface area contributed by atoms with E-state index in [1.807, 2.05) is 20.8 Å². The van der Waals surface area contributed by atoms with Gasteiger partial charge in [-0.05, 0) is 13.3 Å². The molecule has 5 nitrogen and oxygen atoms in total. The summed E-state index contributed by atoms with van der Waals surface area (Å²) in [5.74, 6) is 0.000390. The van der Waals surface area contributed by atoms with Gasteiger partial charge in [-0.1, -0.05) is 26.1 Å². The summed E-state index contributed by atoms with van der Waals surface area (Å²) in [6.07, 6.45) is 0.674. The summed E-state index contributed by atoms with van der Waals surface area (Å²) < 4.78 is 0. The van der Waals surface area contributed by atoms with E-state index in [9.17, 15) is 9.59 Å². The Labute approximate surface area is 113 Å². The Balaban J connectivity index is 2.56. The van der Waals surface area contributed by atoms with Gasteiger partial charge in [0, 0.05) is 18.5 Å². The van der Waals surface area contributed by atoms with Gasteiger partial charge >= 0.3 is 0 Å². The largest absolute Gasteiger partial charge is 0.393 e. The Kier molecular flexibility index (Phi) is 4.67. The van der Waals surface area contributed by atoms with Crippen molar-refractivity contribution in [2.24, 2.45) is 11.1 Å². The molecule has 1 aliphatic rings. The highest BCUT2D eigenvalue weighted by molar-refractivity contribution is 7.80. The monoisotopic (exact) mass is 271 g/mol. The zero-order valence-corrected chi connectivity index (χ0v) is 12.0. The van der Waals surface area contributed by atoms with Crippen molar-refractivity contribution in [3.8, 4) is 0 Å². The lowest BCUT2D eigenvalue weighted by molar-refractivity contribution is -0.150. The van der Waals surface area contributed by atoms with E-state index in [1.54, 1.807) is 9.80 Å². The smallest absolute Gasteiger partial charge is 0.242 e. The van der Waals surface area contributed by atoms with E-state index in [-0.39, 0.29) is 30.3 Å². The molecule has 0 radical (unpaired) electrons. The van der Waals surface area contributed by atoms with E-state index in [0.29, 0.717) is 24.5 Å². The third-order valence-corrected chi connectivity index (χ3v) is 3.97. The number of nitrogens with zero attached hydrogens (tertiary/aromatic N) is 2. The predicted molar refractivity (Wildman–Crippen MR) is 74.0 cm³/mol. The molecule has 0 bridgehead atoms. The first-order valence-corrected chi connectivity index (χ1v) is 6.54. The summed E-state index contributed by atoms with van der Waals surface area (Å²) in [5, 5.41) is 0. The number of nitrogens with two attached hydrogens (primary N) is 1. The maximum absolute atomic E-state index is 11.9. The lowest BCUT2D eigenvalue weighted by Gasteiger charge is -2.35. The van der Waals surface area contributed by atoms with Crippen molar-refractivity contribution in [1.82, 2.24) is 9.80 Å². The molecule has 2 N–H and O–H groups in total. The van der Waals surface area contributed by atoms with Crippen LogP contribution >= 0.6 is 12.2 Å². The van der Waals surface area contributed by atoms with Crippen LogP contribution < -0.4 is 5.73 Å². The van der Waals surface area contributed by atoms with Gasteiger partial charge in [-0.3, -0.25) is 9.59 Å². The van der Waals surface area contributed by atoms with Crippen LogP contribution in [0.2, 0.25) is 0 Å². The predicted octanol–water partition coefficient (Wildman–Crippen LogP) is 0.380. The fourth-order valence-electron chi connectivity index (χ4n) is 1.73. The number of thiocarbonyl (C=S) groups is 1. The second-order valence-electron chi connectivity index (χ2n) is 5.22. The molecule has 0 saturated carbocycles. The number of carbonyl (C=O) groups is 2. The SMILES string of the molecule is CCN1CC(=O)N(CCC(C)(C)C(N)=S)CC1=O. The molecule has 0 aromatic heterocycles. The van der Waals surface area contributed by atoms with Crippen LogP contribution in [-0.4, -0.2) is 52.8 Å². The highest BCUT2D eigenvalue weighted by atomic mass is 32.1. The number of rotatable bonds is 5. The maximum atomic E-state index is 11.9. The van der Waals surface area contributed by atoms with E-state index in [4.69, 9.17) is 18.0 Å². The molecule has 6 heteroatoms. The standard InChI is InChI=1S/C12H21N3O2S/c1-4-14-7-10(17)15(8-9(14)16)6-5-12(2,3)11(13)18/h4-8H2,1-3H3,(H2,13,18). The van der Waals surface area contributed by atoms with Crippen LogP contribution in [0.25, 0.3) is 0 Å². The minimum atomic E-state index is -0.291. The van der Waals surface area contributed by atoms with Crippen molar-refractivity contribution in [2.45, 2.75) is 27.2 Å². The first-order valence-electron chi connectivity index (χ1n) is 6.13. The molecule has 1 rings (SSSR count). The van der Waals surface area contributed by atoms with Crippen LogP contribution in [-0.2, 0) is 9.59 Å². The van der Waals surface area contributed by atoms with Crippen molar-refractivity contribution in [3.63, 3.8) is 0 Å². The molecule has 0 unspecified atom stereocenters. The summed E-state index contributed by atoms with van der Waals surface area (Å²) in [6, 6.07) is 0. The van der Waals surface area contributed by atoms with Gasteiger partial charge in [-0.25, -0.2) is 0 Å². The van der Waals surface area contributed by atoms with Crippen molar-refractivity contribution in [2.75, 3.05) is 26.2 Å². The van der Waals surface area contributed by atoms with Crippen LogP contribution in [0.15, 0.2) is 0 Å². The molecule has 1 heterocycles. The molecule has 0 aromatic carbocycles. The third kappa shape index (κ3) is 3.41. The van der Waals surface area contributed by atoms with Gasteiger partial charge in [0.25, 0.3) is 0 Å². The van der Waals surface area contributed by atoms with Gasteiger partial charge in [0.1, 0.15) is 0 Å². The zero-order chi connectivity index (χ0) is 13.9. The fourth-order valence-corrected chi connectivity index (χ4v) is 1.83. The van der Waals surface area contributed by atoms with Gasteiger partial charge in [0.05, 0.1) is 18.1 Å². The molecular weight excluding hydrogens is 250 g/mol. The number of hydrogen-bond acceptors (Lipinski definition) is 3. The average molecular weight is 271 g/mol. The molecule has 0 spiro atoms. The molecule has 0 atom stereocenters. The third-order valence-electron chi connectivity index (χ3n) is 3.41. The number of carbonyl (C=O) groups excluding carboxylic acids is 2. The fraction of sp³-hybridized carbons (Fsp3) is 0.750. The van der Waals surface area contributed by atoms with E-state index >= 15 is 0 Å². The molecule has 1 saturated heterocycles. The Morgan fingerprint density at radius 1 is 1.28 bits per heavy atom. The van der Waals surface area contributed by atoms with Gasteiger partial charge < -0.3 is 15.5 Å². The van der Waals surface area contributed by atoms with E-state index in [2.05, 4.69) is 0 Å². The second kappa shape index (κ2) is 5.65. The van der Waals surface area contributed by atoms with Gasteiger partial charge in [-0.15, -0.1) is 0 Å². The van der Waals surface area contributed by atoms with E-state index in [0.717, 1.165) is 0 Å². The van der Waals surface area contributed by atoms with E-state index in [1.165, 1.54) is 0 Å². The molecule has 0 aliphatic carbocycles. The summed E-state index contributed by atoms with van der Waals surface area (Å²) >= 11 is 4.99. The Morgan fingerprint density at radius 3 is 2.28 bits per heavy atom. The molecular formula is C12H21N3O2S. The summed E-state index contributed by atoms with van der Waals surface area (Å²) in [5.41, 5.74) is 5.35. The molecule has 2 amide bonds. The van der Waals surface area contributed by atoms with Crippen molar-refractivity contribution in [1.29, 1.82) is 0 Å². The summed E-state index contributed by atoms with van der Waals surface area (Å²) in [7, 11) is 0. The number of amides is 2. The number of likely N-dealkylation sites (N-methyl/N-ethyl adjacent to an activating group) is 1. The van der Waals surface area contributed by atoms with Crippen LogP contribution in [0, 0.1) is 5.41 Å². The van der Waals surface area contributed by atoms with Crippen molar-refractivity contribution >= 4 is 29.0 Å². The maximum Gasteiger partial charge on any atom is 0.242 e. The van der Waals surface area contributed by atoms with Crippen LogP contribution in [0.1, 0.15) is 27.2 Å². The van der Waals surface area contributed by atoms with Crippen molar-refractivity contribution in [3.05, 3.63) is 0 Å². The minimum Gasteiger partial charge on any atom is -0.393 e. The second-order valence-corrected chi connectivity index (χ2v) is 5.66. The minimum absolute atomic E-state index is 0.00445. The van der Waals surface area contributed by atoms with Crippen LogP contribution in [0.5, 0.6) is 0 Å². The van der Waals surface area contributed by atoms with Gasteiger partial charge in [-0.2, -0.15) is 0 Å². The van der Waals surface area contributed by atoms with Gasteiger partial charge in [0.15, 0.2) is 0 Å². The molecule has 1 aliphatic heterocycles. The highest BCUT2D eigenvalue weighted by Gasteiger charge is 2.30. The van der Waals surface area contributed by atoms with Crippen LogP contribution in [0.3, 0.4) is 0 Å². The molecule has 18 heavy (non-hydrogen) atoms. The quantitative estimate of drug-likeness (QED) is 0.734. The molecule has 0 aromatic rings. The molecule has 102 valence electrons. The summed E-state index contributed by atoms with van der Waals surface area (Å²) in [4.78, 5) is 27.2. The first kappa shape index (κ1) is 14.9. The normalized spacial score (nSPS) is 17.3. The first-order chi connectivity index (χ1) is 8.27. The number of hydrogen-bond donors (Lipinski definition) is 1. The average Bonchev–Trinajstić information content (AvgIpc) is 2.29. The Morgan fingerprint density at radius 2 is 1.78 bits per heavy atom. The Hall–Kier alpha value is -1.17. The lowest BCUT2D eigenvalue weighted by Crippen LogP contribution is -2.54. The lowest BCUT2D eigenvalue weighted by atomic mass is 9.89. The topological polar surface area (TPSA) is 66.6 Å². The Bertz CT molecular complexity index is 368. The number of piperazine rings is 1. The van der Waals surface area contributed by atoms with E-state index < -0.39 is 0 Å². The van der Waals surface area contributed by atoms with Crippen molar-refractivity contribution < 1.29 is 9.59 Å².